The van der Waals surface area contributed by atoms with Crippen molar-refractivity contribution in [2.24, 2.45) is 0 Å². The molecule has 0 fully saturated rings. The molecule has 1 aromatic carbocycles. The summed E-state index contributed by atoms with van der Waals surface area (Å²) in [5.74, 6) is 1.58. The Hall–Kier alpha value is -0.900. The van der Waals surface area contributed by atoms with Gasteiger partial charge in [0.15, 0.2) is 11.5 Å². The minimum atomic E-state index is 0.252. The second-order valence-corrected chi connectivity index (χ2v) is 4.22. The summed E-state index contributed by atoms with van der Waals surface area (Å²) in [4.78, 5) is 0. The van der Waals surface area contributed by atoms with Gasteiger partial charge in [0.1, 0.15) is 10.2 Å². The average molecular weight is 273 g/mol. The molecule has 1 aromatic rings. The summed E-state index contributed by atoms with van der Waals surface area (Å²) in [6.45, 7) is 3.27. The highest BCUT2D eigenvalue weighted by Gasteiger charge is 2.19. The molecular formula is C11H13BrO3. The number of fused-ring (bicyclic) bond motifs is 1. The van der Waals surface area contributed by atoms with E-state index in [-0.39, 0.29) is 5.75 Å². The van der Waals surface area contributed by atoms with Crippen LogP contribution in [-0.4, -0.2) is 18.3 Å². The summed E-state index contributed by atoms with van der Waals surface area (Å²) in [7, 11) is 0. The van der Waals surface area contributed by atoms with Gasteiger partial charge in [-0.1, -0.05) is 6.92 Å². The lowest BCUT2D eigenvalue weighted by atomic mass is 10.1. The first-order valence-electron chi connectivity index (χ1n) is 5.04. The maximum absolute atomic E-state index is 9.86. The number of phenols is 1. The Morgan fingerprint density at radius 2 is 2.13 bits per heavy atom. The topological polar surface area (TPSA) is 38.7 Å². The Morgan fingerprint density at radius 1 is 1.40 bits per heavy atom. The van der Waals surface area contributed by atoms with Crippen molar-refractivity contribution in [1.29, 1.82) is 0 Å². The number of phenolic OH excluding ortho intramolecular Hbond substituents is 1. The van der Waals surface area contributed by atoms with E-state index in [1.54, 1.807) is 0 Å². The van der Waals surface area contributed by atoms with Crippen LogP contribution in [0.3, 0.4) is 0 Å². The van der Waals surface area contributed by atoms with Gasteiger partial charge < -0.3 is 14.6 Å². The van der Waals surface area contributed by atoms with E-state index in [9.17, 15) is 5.11 Å². The zero-order valence-electron chi connectivity index (χ0n) is 8.55. The number of aryl methyl sites for hydroxylation is 1. The van der Waals surface area contributed by atoms with Crippen molar-refractivity contribution in [2.75, 3.05) is 13.2 Å². The Morgan fingerprint density at radius 3 is 2.87 bits per heavy atom. The third-order valence-corrected chi connectivity index (χ3v) is 3.15. The van der Waals surface area contributed by atoms with E-state index in [4.69, 9.17) is 9.47 Å². The Balaban J connectivity index is 2.53. The Kier molecular flexibility index (Phi) is 3.05. The third kappa shape index (κ3) is 1.91. The molecule has 0 amide bonds. The van der Waals surface area contributed by atoms with Crippen molar-refractivity contribution in [3.8, 4) is 17.2 Å². The zero-order chi connectivity index (χ0) is 10.8. The number of hydrogen-bond donors (Lipinski definition) is 1. The first-order valence-corrected chi connectivity index (χ1v) is 5.83. The number of aromatic hydroxyl groups is 1. The van der Waals surface area contributed by atoms with Gasteiger partial charge >= 0.3 is 0 Å². The smallest absolute Gasteiger partial charge is 0.179 e. The van der Waals surface area contributed by atoms with E-state index in [1.807, 2.05) is 13.0 Å². The quantitative estimate of drug-likeness (QED) is 0.855. The summed E-state index contributed by atoms with van der Waals surface area (Å²) in [5.41, 5.74) is 0.867. The summed E-state index contributed by atoms with van der Waals surface area (Å²) < 4.78 is 11.7. The molecule has 0 unspecified atom stereocenters. The predicted molar refractivity (Wildman–Crippen MR) is 60.8 cm³/mol. The van der Waals surface area contributed by atoms with Gasteiger partial charge in [0, 0.05) is 6.42 Å². The average Bonchev–Trinajstić information content (AvgIpc) is 2.48. The van der Waals surface area contributed by atoms with Crippen LogP contribution in [0.15, 0.2) is 10.5 Å². The molecule has 2 rings (SSSR count). The lowest BCUT2D eigenvalue weighted by molar-refractivity contribution is 0.296. The number of halogens is 1. The minimum absolute atomic E-state index is 0.252. The fraction of sp³-hybridized carbons (Fsp3) is 0.455. The Labute approximate surface area is 97.1 Å². The van der Waals surface area contributed by atoms with Crippen LogP contribution in [0.1, 0.15) is 18.9 Å². The van der Waals surface area contributed by atoms with Crippen molar-refractivity contribution in [3.05, 3.63) is 16.1 Å². The molecular weight excluding hydrogens is 260 g/mol. The number of ether oxygens (including phenoxy) is 2. The summed E-state index contributed by atoms with van der Waals surface area (Å²) in [5, 5.41) is 9.86. The highest BCUT2D eigenvalue weighted by atomic mass is 79.9. The normalized spacial score (nSPS) is 14.8. The highest BCUT2D eigenvalue weighted by Crippen LogP contribution is 2.44. The summed E-state index contributed by atoms with van der Waals surface area (Å²) in [6.07, 6.45) is 1.63. The Bertz CT molecular complexity index is 377. The lowest BCUT2D eigenvalue weighted by Crippen LogP contribution is -1.97. The number of hydrogen-bond acceptors (Lipinski definition) is 3. The second kappa shape index (κ2) is 4.31. The van der Waals surface area contributed by atoms with Crippen molar-refractivity contribution < 1.29 is 14.6 Å². The van der Waals surface area contributed by atoms with E-state index in [1.165, 1.54) is 0 Å². The van der Waals surface area contributed by atoms with Crippen LogP contribution in [0.5, 0.6) is 17.2 Å². The predicted octanol–water partition coefficient (Wildman–Crippen LogP) is 2.88. The molecule has 82 valence electrons. The van der Waals surface area contributed by atoms with E-state index < -0.39 is 0 Å². The van der Waals surface area contributed by atoms with Crippen LogP contribution in [0.25, 0.3) is 0 Å². The van der Waals surface area contributed by atoms with E-state index in [0.717, 1.165) is 18.4 Å². The van der Waals surface area contributed by atoms with Crippen LogP contribution in [0.2, 0.25) is 0 Å². The number of rotatable bonds is 1. The molecule has 3 nitrogen and oxygen atoms in total. The van der Waals surface area contributed by atoms with Gasteiger partial charge in [-0.15, -0.1) is 0 Å². The molecule has 0 spiro atoms. The van der Waals surface area contributed by atoms with Gasteiger partial charge in [-0.2, -0.15) is 0 Å². The van der Waals surface area contributed by atoms with E-state index in [0.29, 0.717) is 29.2 Å². The minimum Gasteiger partial charge on any atom is -0.506 e. The van der Waals surface area contributed by atoms with E-state index in [2.05, 4.69) is 15.9 Å². The first-order chi connectivity index (χ1) is 7.24. The number of benzene rings is 1. The molecule has 1 aliphatic heterocycles. The fourth-order valence-electron chi connectivity index (χ4n) is 1.58. The maximum Gasteiger partial charge on any atom is 0.179 e. The molecule has 1 N–H and O–H groups in total. The van der Waals surface area contributed by atoms with E-state index >= 15 is 0 Å². The van der Waals surface area contributed by atoms with Gasteiger partial charge in [0.05, 0.1) is 13.2 Å². The van der Waals surface area contributed by atoms with Crippen molar-refractivity contribution in [3.63, 3.8) is 0 Å². The monoisotopic (exact) mass is 272 g/mol. The molecule has 1 heterocycles. The molecule has 0 saturated carbocycles. The second-order valence-electron chi connectivity index (χ2n) is 3.43. The van der Waals surface area contributed by atoms with Gasteiger partial charge in [-0.3, -0.25) is 0 Å². The molecule has 0 radical (unpaired) electrons. The van der Waals surface area contributed by atoms with Crippen molar-refractivity contribution in [1.82, 2.24) is 0 Å². The standard InChI is InChI=1S/C11H13BrO3/c1-2-7-6-8-11(9(12)10(7)13)15-5-3-4-14-8/h6,13H,2-5H2,1H3. The molecule has 0 aliphatic carbocycles. The lowest BCUT2D eigenvalue weighted by Gasteiger charge is -2.13. The van der Waals surface area contributed by atoms with Crippen LogP contribution in [0, 0.1) is 0 Å². The SMILES string of the molecule is CCc1cc2c(c(Br)c1O)OCCCO2. The fourth-order valence-corrected chi connectivity index (χ4v) is 2.14. The summed E-state index contributed by atoms with van der Waals surface area (Å²) >= 11 is 3.34. The first kappa shape index (κ1) is 10.6. The van der Waals surface area contributed by atoms with Gasteiger partial charge in [0.2, 0.25) is 0 Å². The van der Waals surface area contributed by atoms with Crippen LogP contribution in [0.4, 0.5) is 0 Å². The van der Waals surface area contributed by atoms with Crippen molar-refractivity contribution in [2.45, 2.75) is 19.8 Å². The maximum atomic E-state index is 9.86. The highest BCUT2D eigenvalue weighted by molar-refractivity contribution is 9.10. The third-order valence-electron chi connectivity index (χ3n) is 2.41. The molecule has 0 saturated heterocycles. The largest absolute Gasteiger partial charge is 0.506 e. The zero-order valence-corrected chi connectivity index (χ0v) is 10.1. The molecule has 0 aromatic heterocycles. The molecule has 0 atom stereocenters. The van der Waals surface area contributed by atoms with Gasteiger partial charge in [-0.25, -0.2) is 0 Å². The molecule has 15 heavy (non-hydrogen) atoms. The van der Waals surface area contributed by atoms with Crippen LogP contribution < -0.4 is 9.47 Å². The molecule has 4 heteroatoms. The van der Waals surface area contributed by atoms with Gasteiger partial charge in [0.25, 0.3) is 0 Å². The van der Waals surface area contributed by atoms with Crippen molar-refractivity contribution >= 4 is 15.9 Å². The van der Waals surface area contributed by atoms with Gasteiger partial charge in [-0.05, 0) is 34.0 Å². The molecule has 1 aliphatic rings. The van der Waals surface area contributed by atoms with Crippen LogP contribution >= 0.6 is 15.9 Å². The summed E-state index contributed by atoms with van der Waals surface area (Å²) in [6, 6.07) is 1.85. The molecule has 0 bridgehead atoms. The van der Waals surface area contributed by atoms with Crippen LogP contribution in [-0.2, 0) is 6.42 Å².